The quantitative estimate of drug-likeness (QED) is 0.626. The van der Waals surface area contributed by atoms with Gasteiger partial charge in [-0.25, -0.2) is 4.98 Å². The maximum absolute atomic E-state index is 13.0. The summed E-state index contributed by atoms with van der Waals surface area (Å²) in [4.78, 5) is 32.1. The van der Waals surface area contributed by atoms with Crippen molar-refractivity contribution in [1.82, 2.24) is 4.98 Å². The fraction of sp³-hybridized carbons (Fsp3) is 0.0870. The summed E-state index contributed by atoms with van der Waals surface area (Å²) in [6.45, 7) is 0.203. The molecule has 5 rings (SSSR count). The second kappa shape index (κ2) is 7.81. The van der Waals surface area contributed by atoms with Gasteiger partial charge >= 0.3 is 0 Å². The van der Waals surface area contributed by atoms with Gasteiger partial charge in [-0.3, -0.25) is 9.59 Å². The van der Waals surface area contributed by atoms with Gasteiger partial charge in [0.15, 0.2) is 11.5 Å². The highest BCUT2D eigenvalue weighted by Gasteiger charge is 2.25. The maximum atomic E-state index is 13.0. The van der Waals surface area contributed by atoms with Crippen LogP contribution in [0, 0.1) is 0 Å². The van der Waals surface area contributed by atoms with E-state index in [4.69, 9.17) is 9.47 Å². The zero-order valence-corrected chi connectivity index (χ0v) is 17.3. The number of anilines is 2. The molecule has 0 radical (unpaired) electrons. The number of benzene rings is 2. The van der Waals surface area contributed by atoms with Crippen LogP contribution in [0.2, 0.25) is 0 Å². The molecule has 0 spiro atoms. The Morgan fingerprint density at radius 3 is 2.94 bits per heavy atom. The number of hydrogen-bond acceptors (Lipinski definition) is 6. The molecule has 1 aromatic heterocycles. The molecule has 2 aliphatic rings. The minimum absolute atomic E-state index is 0.152. The minimum Gasteiger partial charge on any atom is -0.454 e. The Morgan fingerprint density at radius 2 is 2.03 bits per heavy atom. The fourth-order valence-corrected chi connectivity index (χ4v) is 4.37. The van der Waals surface area contributed by atoms with E-state index in [-0.39, 0.29) is 18.6 Å². The number of hydrogen-bond donors (Lipinski definition) is 1. The molecule has 0 fully saturated rings. The average Bonchev–Trinajstić information content (AvgIpc) is 3.22. The van der Waals surface area contributed by atoms with E-state index in [0.717, 1.165) is 21.2 Å². The summed E-state index contributed by atoms with van der Waals surface area (Å²) in [5, 5.41) is 3.58. The van der Waals surface area contributed by atoms with Crippen molar-refractivity contribution in [2.75, 3.05) is 24.1 Å². The zero-order valence-electron chi connectivity index (χ0n) is 16.5. The van der Waals surface area contributed by atoms with Crippen LogP contribution in [0.4, 0.5) is 11.4 Å². The number of carbonyl (C=O) groups excluding carboxylic acids is 2. The van der Waals surface area contributed by atoms with Crippen LogP contribution in [0.3, 0.4) is 0 Å². The lowest BCUT2D eigenvalue weighted by atomic mass is 10.1. The smallest absolute Gasteiger partial charge is 0.259 e. The topological polar surface area (TPSA) is 80.8 Å². The monoisotopic (exact) mass is 431 g/mol. The molecule has 8 heteroatoms. The highest BCUT2D eigenvalue weighted by molar-refractivity contribution is 7.99. The van der Waals surface area contributed by atoms with Gasteiger partial charge in [-0.15, -0.1) is 0 Å². The van der Waals surface area contributed by atoms with Crippen LogP contribution in [0.15, 0.2) is 70.7 Å². The number of nitrogens with one attached hydrogen (secondary N) is 1. The van der Waals surface area contributed by atoms with Crippen molar-refractivity contribution in [3.05, 3.63) is 71.9 Å². The summed E-state index contributed by atoms with van der Waals surface area (Å²) in [5.74, 6) is 0.895. The molecule has 0 atom stereocenters. The van der Waals surface area contributed by atoms with E-state index in [1.807, 2.05) is 24.3 Å². The summed E-state index contributed by atoms with van der Waals surface area (Å²) < 4.78 is 10.6. The number of fused-ring (bicyclic) bond motifs is 3. The average molecular weight is 431 g/mol. The van der Waals surface area contributed by atoms with E-state index >= 15 is 0 Å². The van der Waals surface area contributed by atoms with Crippen molar-refractivity contribution in [2.24, 2.45) is 0 Å². The van der Waals surface area contributed by atoms with Gasteiger partial charge in [0, 0.05) is 29.9 Å². The normalized spacial score (nSPS) is 14.2. The molecule has 7 nitrogen and oxygen atoms in total. The predicted octanol–water partition coefficient (Wildman–Crippen LogP) is 4.20. The summed E-state index contributed by atoms with van der Waals surface area (Å²) >= 11 is 1.43. The maximum Gasteiger partial charge on any atom is 0.259 e. The SMILES string of the molecule is CN1C(=O)c2cc(NC(=O)C=Cc3ccc4c(c3)OCO4)ccc2Sc2ncccc21. The van der Waals surface area contributed by atoms with Gasteiger partial charge in [-0.2, -0.15) is 0 Å². The molecule has 3 aromatic rings. The van der Waals surface area contributed by atoms with Gasteiger partial charge < -0.3 is 19.7 Å². The molecule has 3 heterocycles. The summed E-state index contributed by atoms with van der Waals surface area (Å²) in [6, 6.07) is 14.4. The molecule has 0 aliphatic carbocycles. The van der Waals surface area contributed by atoms with Crippen molar-refractivity contribution in [1.29, 1.82) is 0 Å². The predicted molar refractivity (Wildman–Crippen MR) is 118 cm³/mol. The Morgan fingerprint density at radius 1 is 1.16 bits per heavy atom. The van der Waals surface area contributed by atoms with Crippen LogP contribution >= 0.6 is 11.8 Å². The Kier molecular flexibility index (Phi) is 4.83. The van der Waals surface area contributed by atoms with Crippen LogP contribution in [0.5, 0.6) is 11.5 Å². The first-order chi connectivity index (χ1) is 15.1. The summed E-state index contributed by atoms with van der Waals surface area (Å²) in [6.07, 6.45) is 4.83. The highest BCUT2D eigenvalue weighted by Crippen LogP contribution is 2.40. The van der Waals surface area contributed by atoms with E-state index in [0.29, 0.717) is 22.7 Å². The van der Waals surface area contributed by atoms with Gasteiger partial charge in [-0.05, 0) is 54.1 Å². The van der Waals surface area contributed by atoms with E-state index in [2.05, 4.69) is 10.3 Å². The number of pyridine rings is 1. The molecule has 0 saturated carbocycles. The lowest BCUT2D eigenvalue weighted by molar-refractivity contribution is -0.111. The molecule has 0 saturated heterocycles. The van der Waals surface area contributed by atoms with Gasteiger partial charge in [0.05, 0.1) is 11.3 Å². The molecule has 1 N–H and O–H groups in total. The molecule has 154 valence electrons. The van der Waals surface area contributed by atoms with E-state index in [9.17, 15) is 9.59 Å². The molecule has 2 aliphatic heterocycles. The molecule has 2 amide bonds. The number of rotatable bonds is 3. The number of aromatic nitrogens is 1. The number of amides is 2. The third-order valence-corrected chi connectivity index (χ3v) is 6.01. The molecule has 31 heavy (non-hydrogen) atoms. The van der Waals surface area contributed by atoms with Crippen molar-refractivity contribution < 1.29 is 19.1 Å². The Labute approximate surface area is 182 Å². The van der Waals surface area contributed by atoms with Crippen LogP contribution in [0.1, 0.15) is 15.9 Å². The second-order valence-corrected chi connectivity index (χ2v) is 7.97. The Bertz CT molecular complexity index is 1240. The third kappa shape index (κ3) is 3.73. The Balaban J connectivity index is 1.34. The first-order valence-corrected chi connectivity index (χ1v) is 10.3. The van der Waals surface area contributed by atoms with E-state index in [1.54, 1.807) is 48.5 Å². The van der Waals surface area contributed by atoms with Crippen molar-refractivity contribution in [3.63, 3.8) is 0 Å². The molecular formula is C23H17N3O4S. The number of carbonyl (C=O) groups is 2. The highest BCUT2D eigenvalue weighted by atomic mass is 32.2. The van der Waals surface area contributed by atoms with Crippen LogP contribution in [-0.2, 0) is 4.79 Å². The molecular weight excluding hydrogens is 414 g/mol. The Hall–Kier alpha value is -3.78. The lowest BCUT2D eigenvalue weighted by Crippen LogP contribution is -2.26. The van der Waals surface area contributed by atoms with Gasteiger partial charge in [0.25, 0.3) is 5.91 Å². The van der Waals surface area contributed by atoms with Gasteiger partial charge in [0.2, 0.25) is 12.7 Å². The van der Waals surface area contributed by atoms with Crippen LogP contribution in [-0.4, -0.2) is 30.6 Å². The lowest BCUT2D eigenvalue weighted by Gasteiger charge is -2.16. The molecule has 0 bridgehead atoms. The first kappa shape index (κ1) is 19.2. The molecule has 2 aromatic carbocycles. The van der Waals surface area contributed by atoms with Crippen LogP contribution in [0.25, 0.3) is 6.08 Å². The van der Waals surface area contributed by atoms with Crippen molar-refractivity contribution in [2.45, 2.75) is 9.92 Å². The largest absolute Gasteiger partial charge is 0.454 e. The van der Waals surface area contributed by atoms with Gasteiger partial charge in [0.1, 0.15) is 5.03 Å². The van der Waals surface area contributed by atoms with Gasteiger partial charge in [-0.1, -0.05) is 17.8 Å². The standard InChI is InChI=1S/C23H17N3O4S/c1-26-17-3-2-10-24-22(17)31-20-8-6-15(12-16(20)23(26)28)25-21(27)9-5-14-4-7-18-19(11-14)30-13-29-18/h2-12H,13H2,1H3,(H,25,27). The van der Waals surface area contributed by atoms with E-state index in [1.165, 1.54) is 17.8 Å². The first-order valence-electron chi connectivity index (χ1n) is 9.52. The van der Waals surface area contributed by atoms with Crippen LogP contribution < -0.4 is 19.7 Å². The molecule has 0 unspecified atom stereocenters. The number of ether oxygens (including phenoxy) is 2. The third-order valence-electron chi connectivity index (χ3n) is 4.92. The summed E-state index contributed by atoms with van der Waals surface area (Å²) in [7, 11) is 1.72. The summed E-state index contributed by atoms with van der Waals surface area (Å²) in [5.41, 5.74) is 2.63. The number of nitrogens with zero attached hydrogens (tertiary/aromatic N) is 2. The minimum atomic E-state index is -0.301. The fourth-order valence-electron chi connectivity index (χ4n) is 3.35. The second-order valence-electron chi connectivity index (χ2n) is 6.94. The van der Waals surface area contributed by atoms with Crippen molar-refractivity contribution >= 4 is 41.0 Å². The van der Waals surface area contributed by atoms with E-state index < -0.39 is 0 Å². The zero-order chi connectivity index (χ0) is 21.4. The van der Waals surface area contributed by atoms with Crippen molar-refractivity contribution in [3.8, 4) is 11.5 Å².